The lowest BCUT2D eigenvalue weighted by Crippen LogP contribution is -2.46. The molecule has 5 nitrogen and oxygen atoms in total. The van der Waals surface area contributed by atoms with E-state index in [-0.39, 0.29) is 17.7 Å². The van der Waals surface area contributed by atoms with Gasteiger partial charge in [-0.15, -0.1) is 11.3 Å². The van der Waals surface area contributed by atoms with Crippen LogP contribution in [0.25, 0.3) is 0 Å². The fourth-order valence-corrected chi connectivity index (χ4v) is 2.44. The average Bonchev–Trinajstić information content (AvgIpc) is 2.99. The summed E-state index contributed by atoms with van der Waals surface area (Å²) >= 11 is 1.35. The monoisotopic (exact) mass is 303 g/mol. The van der Waals surface area contributed by atoms with E-state index in [1.54, 1.807) is 36.7 Å². The minimum atomic E-state index is -0.590. The largest absolute Gasteiger partial charge is 0.339 e. The summed E-state index contributed by atoms with van der Waals surface area (Å²) in [7, 11) is 0. The van der Waals surface area contributed by atoms with Crippen molar-refractivity contribution in [3.05, 3.63) is 46.9 Å². The number of hydrogen-bond donors (Lipinski definition) is 2. The number of anilines is 1. The molecule has 0 radical (unpaired) electrons. The van der Waals surface area contributed by atoms with Crippen molar-refractivity contribution in [1.82, 2.24) is 10.3 Å². The quantitative estimate of drug-likeness (QED) is 0.891. The summed E-state index contributed by atoms with van der Waals surface area (Å²) in [6, 6.07) is 6.36. The van der Waals surface area contributed by atoms with Crippen LogP contribution in [-0.2, 0) is 4.79 Å². The van der Waals surface area contributed by atoms with Crippen LogP contribution in [0.15, 0.2) is 42.0 Å². The van der Waals surface area contributed by atoms with Crippen molar-refractivity contribution in [2.75, 3.05) is 5.32 Å². The highest BCUT2D eigenvalue weighted by Gasteiger charge is 2.25. The normalized spacial score (nSPS) is 12.0. The Bertz CT molecular complexity index is 597. The maximum atomic E-state index is 12.3. The van der Waals surface area contributed by atoms with Crippen LogP contribution in [0.5, 0.6) is 0 Å². The maximum Gasteiger partial charge on any atom is 0.262 e. The molecule has 0 spiro atoms. The summed E-state index contributed by atoms with van der Waals surface area (Å²) in [4.78, 5) is 28.9. The minimum Gasteiger partial charge on any atom is -0.339 e. The fourth-order valence-electron chi connectivity index (χ4n) is 1.81. The molecule has 2 heterocycles. The zero-order valence-corrected chi connectivity index (χ0v) is 12.7. The van der Waals surface area contributed by atoms with Crippen LogP contribution in [0.1, 0.15) is 23.5 Å². The van der Waals surface area contributed by atoms with Crippen molar-refractivity contribution in [1.29, 1.82) is 0 Å². The van der Waals surface area contributed by atoms with Gasteiger partial charge in [-0.05, 0) is 29.5 Å². The summed E-state index contributed by atoms with van der Waals surface area (Å²) in [6.07, 6.45) is 3.20. The van der Waals surface area contributed by atoms with Gasteiger partial charge in [0.05, 0.1) is 4.88 Å². The number of hydrogen-bond acceptors (Lipinski definition) is 4. The molecule has 21 heavy (non-hydrogen) atoms. The second kappa shape index (κ2) is 6.99. The SMILES string of the molecule is CC(C)C(NC(=O)c1cccs1)C(=O)Nc1ccncc1. The summed E-state index contributed by atoms with van der Waals surface area (Å²) < 4.78 is 0. The molecule has 0 bridgehead atoms. The van der Waals surface area contributed by atoms with Gasteiger partial charge in [0.1, 0.15) is 6.04 Å². The van der Waals surface area contributed by atoms with Gasteiger partial charge >= 0.3 is 0 Å². The minimum absolute atomic E-state index is 0.0178. The van der Waals surface area contributed by atoms with E-state index in [9.17, 15) is 9.59 Å². The molecule has 2 aromatic heterocycles. The van der Waals surface area contributed by atoms with Crippen molar-refractivity contribution in [3.63, 3.8) is 0 Å². The topological polar surface area (TPSA) is 71.1 Å². The molecule has 110 valence electrons. The van der Waals surface area contributed by atoms with Crippen LogP contribution in [0.2, 0.25) is 0 Å². The van der Waals surface area contributed by atoms with Gasteiger partial charge in [-0.3, -0.25) is 14.6 Å². The molecular weight excluding hydrogens is 286 g/mol. The van der Waals surface area contributed by atoms with Crippen LogP contribution in [0.4, 0.5) is 5.69 Å². The van der Waals surface area contributed by atoms with Gasteiger partial charge in [0.15, 0.2) is 0 Å². The molecule has 2 N–H and O–H groups in total. The van der Waals surface area contributed by atoms with Crippen LogP contribution >= 0.6 is 11.3 Å². The molecule has 6 heteroatoms. The predicted octanol–water partition coefficient (Wildman–Crippen LogP) is 2.54. The number of carbonyl (C=O) groups is 2. The van der Waals surface area contributed by atoms with Crippen molar-refractivity contribution in [3.8, 4) is 0 Å². The zero-order valence-electron chi connectivity index (χ0n) is 11.9. The number of amides is 2. The van der Waals surface area contributed by atoms with Crippen molar-refractivity contribution < 1.29 is 9.59 Å². The smallest absolute Gasteiger partial charge is 0.262 e. The Balaban J connectivity index is 2.05. The number of pyridine rings is 1. The molecule has 1 atom stereocenters. The molecule has 0 aliphatic heterocycles. The van der Waals surface area contributed by atoms with E-state index < -0.39 is 6.04 Å². The van der Waals surface area contributed by atoms with E-state index in [1.165, 1.54) is 11.3 Å². The molecule has 1 unspecified atom stereocenters. The molecule has 0 fully saturated rings. The van der Waals surface area contributed by atoms with Gasteiger partial charge in [0.25, 0.3) is 5.91 Å². The highest BCUT2D eigenvalue weighted by molar-refractivity contribution is 7.12. The van der Waals surface area contributed by atoms with Crippen LogP contribution < -0.4 is 10.6 Å². The van der Waals surface area contributed by atoms with E-state index in [0.29, 0.717) is 10.6 Å². The van der Waals surface area contributed by atoms with E-state index >= 15 is 0 Å². The van der Waals surface area contributed by atoms with Gasteiger partial charge in [-0.1, -0.05) is 19.9 Å². The van der Waals surface area contributed by atoms with Crippen LogP contribution in [-0.4, -0.2) is 22.8 Å². The second-order valence-corrected chi connectivity index (χ2v) is 5.85. The predicted molar refractivity (Wildman–Crippen MR) is 83.3 cm³/mol. The molecule has 2 rings (SSSR count). The molecule has 0 aromatic carbocycles. The number of aromatic nitrogens is 1. The van der Waals surface area contributed by atoms with Crippen molar-refractivity contribution in [2.24, 2.45) is 5.92 Å². The number of carbonyl (C=O) groups excluding carboxylic acids is 2. The third kappa shape index (κ3) is 4.13. The van der Waals surface area contributed by atoms with E-state index in [2.05, 4.69) is 15.6 Å². The maximum absolute atomic E-state index is 12.3. The molecule has 0 saturated heterocycles. The van der Waals surface area contributed by atoms with Gasteiger partial charge < -0.3 is 10.6 Å². The Morgan fingerprint density at radius 3 is 2.48 bits per heavy atom. The Hall–Kier alpha value is -2.21. The standard InChI is InChI=1S/C15H17N3O2S/c1-10(2)13(18-14(19)12-4-3-9-21-12)15(20)17-11-5-7-16-8-6-11/h3-10,13H,1-2H3,(H,18,19)(H,16,17,20). The molecular formula is C15H17N3O2S. The van der Waals surface area contributed by atoms with Crippen molar-refractivity contribution in [2.45, 2.75) is 19.9 Å². The van der Waals surface area contributed by atoms with Crippen LogP contribution in [0, 0.1) is 5.92 Å². The first kappa shape index (κ1) is 15.2. The Morgan fingerprint density at radius 1 is 1.19 bits per heavy atom. The first-order valence-corrected chi connectivity index (χ1v) is 7.51. The van der Waals surface area contributed by atoms with Gasteiger partial charge in [-0.25, -0.2) is 0 Å². The molecule has 0 aliphatic carbocycles. The van der Waals surface area contributed by atoms with Gasteiger partial charge in [-0.2, -0.15) is 0 Å². The zero-order chi connectivity index (χ0) is 15.2. The molecule has 2 aromatic rings. The lowest BCUT2D eigenvalue weighted by molar-refractivity contribution is -0.118. The molecule has 0 aliphatic rings. The lowest BCUT2D eigenvalue weighted by Gasteiger charge is -2.21. The highest BCUT2D eigenvalue weighted by Crippen LogP contribution is 2.12. The highest BCUT2D eigenvalue weighted by atomic mass is 32.1. The molecule has 0 saturated carbocycles. The van der Waals surface area contributed by atoms with E-state index in [4.69, 9.17) is 0 Å². The number of rotatable bonds is 5. The summed E-state index contributed by atoms with van der Waals surface area (Å²) in [5.74, 6) is -0.481. The Kier molecular flexibility index (Phi) is 5.05. The summed E-state index contributed by atoms with van der Waals surface area (Å²) in [6.45, 7) is 3.79. The summed E-state index contributed by atoms with van der Waals surface area (Å²) in [5, 5.41) is 7.40. The Labute approximate surface area is 127 Å². The van der Waals surface area contributed by atoms with E-state index in [0.717, 1.165) is 0 Å². The Morgan fingerprint density at radius 2 is 1.90 bits per heavy atom. The van der Waals surface area contributed by atoms with Crippen molar-refractivity contribution >= 4 is 28.8 Å². The average molecular weight is 303 g/mol. The lowest BCUT2D eigenvalue weighted by atomic mass is 10.0. The third-order valence-corrected chi connectivity index (χ3v) is 3.80. The fraction of sp³-hybridized carbons (Fsp3) is 0.267. The number of thiophene rings is 1. The second-order valence-electron chi connectivity index (χ2n) is 4.90. The first-order valence-electron chi connectivity index (χ1n) is 6.63. The first-order chi connectivity index (χ1) is 10.1. The van der Waals surface area contributed by atoms with Gasteiger partial charge in [0, 0.05) is 18.1 Å². The third-order valence-electron chi connectivity index (χ3n) is 2.93. The summed E-state index contributed by atoms with van der Waals surface area (Å²) in [5.41, 5.74) is 0.658. The van der Waals surface area contributed by atoms with E-state index in [1.807, 2.05) is 19.2 Å². The number of nitrogens with one attached hydrogen (secondary N) is 2. The number of nitrogens with zero attached hydrogens (tertiary/aromatic N) is 1. The molecule has 2 amide bonds. The van der Waals surface area contributed by atoms with Gasteiger partial charge in [0.2, 0.25) is 5.91 Å². The van der Waals surface area contributed by atoms with Crippen LogP contribution in [0.3, 0.4) is 0 Å².